The van der Waals surface area contributed by atoms with Crippen molar-refractivity contribution in [2.75, 3.05) is 6.61 Å². The summed E-state index contributed by atoms with van der Waals surface area (Å²) in [6, 6.07) is 3.03. The zero-order chi connectivity index (χ0) is 9.42. The van der Waals surface area contributed by atoms with Crippen LogP contribution in [0.3, 0.4) is 0 Å². The van der Waals surface area contributed by atoms with Crippen LogP contribution in [-0.2, 0) is 0 Å². The lowest BCUT2D eigenvalue weighted by atomic mass is 9.98. The monoisotopic (exact) mass is 182 g/mol. The summed E-state index contributed by atoms with van der Waals surface area (Å²) >= 11 is 0. The number of aliphatic hydroxyl groups is 1. The molecule has 1 aromatic carbocycles. The summed E-state index contributed by atoms with van der Waals surface area (Å²) in [6.07, 6.45) is -0.0449. The third-order valence-corrected chi connectivity index (χ3v) is 2.34. The molecule has 1 heterocycles. The first-order valence-electron chi connectivity index (χ1n) is 4.30. The van der Waals surface area contributed by atoms with E-state index in [0.717, 1.165) is 5.56 Å². The van der Waals surface area contributed by atoms with E-state index in [1.54, 1.807) is 6.07 Å². The molecule has 0 bridgehead atoms. The molecule has 0 amide bonds. The van der Waals surface area contributed by atoms with Crippen LogP contribution >= 0.6 is 0 Å². The molecule has 1 unspecified atom stereocenters. The Morgan fingerprint density at radius 2 is 2.31 bits per heavy atom. The smallest absolute Gasteiger partial charge is 0.165 e. The van der Waals surface area contributed by atoms with Gasteiger partial charge in [-0.1, -0.05) is 6.07 Å². The van der Waals surface area contributed by atoms with Gasteiger partial charge in [0.2, 0.25) is 0 Å². The lowest BCUT2D eigenvalue weighted by molar-refractivity contribution is 0.111. The van der Waals surface area contributed by atoms with Crippen molar-refractivity contribution in [3.8, 4) is 5.75 Å². The number of aliphatic hydroxyl groups excluding tert-OH is 1. The molecule has 1 N–H and O–H groups in total. The SMILES string of the molecule is Cc1ccc(F)c2c1C(O)CCO2. The van der Waals surface area contributed by atoms with Gasteiger partial charge in [0.25, 0.3) is 0 Å². The minimum absolute atomic E-state index is 0.221. The number of fused-ring (bicyclic) bond motifs is 1. The number of benzene rings is 1. The molecule has 3 heteroatoms. The first-order valence-corrected chi connectivity index (χ1v) is 4.30. The summed E-state index contributed by atoms with van der Waals surface area (Å²) < 4.78 is 18.4. The third-order valence-electron chi connectivity index (χ3n) is 2.34. The fraction of sp³-hybridized carbons (Fsp3) is 0.400. The Kier molecular flexibility index (Phi) is 1.96. The van der Waals surface area contributed by atoms with E-state index < -0.39 is 6.10 Å². The molecule has 0 aromatic heterocycles. The van der Waals surface area contributed by atoms with E-state index in [0.29, 0.717) is 18.6 Å². The van der Waals surface area contributed by atoms with Gasteiger partial charge in [-0.25, -0.2) is 4.39 Å². The molecule has 1 atom stereocenters. The van der Waals surface area contributed by atoms with Gasteiger partial charge in [-0.15, -0.1) is 0 Å². The van der Waals surface area contributed by atoms with E-state index in [9.17, 15) is 9.50 Å². The zero-order valence-corrected chi connectivity index (χ0v) is 7.38. The van der Waals surface area contributed by atoms with Crippen LogP contribution in [0.5, 0.6) is 5.75 Å². The zero-order valence-electron chi connectivity index (χ0n) is 7.38. The van der Waals surface area contributed by atoms with Crippen molar-refractivity contribution in [2.45, 2.75) is 19.4 Å². The van der Waals surface area contributed by atoms with Gasteiger partial charge < -0.3 is 9.84 Å². The molecule has 0 saturated heterocycles. The summed E-state index contributed by atoms with van der Waals surface area (Å²) in [6.45, 7) is 2.23. The Balaban J connectivity index is 2.60. The highest BCUT2D eigenvalue weighted by molar-refractivity contribution is 5.43. The van der Waals surface area contributed by atoms with Crippen molar-refractivity contribution in [3.05, 3.63) is 29.1 Å². The molecular formula is C10H11FO2. The van der Waals surface area contributed by atoms with Gasteiger partial charge in [-0.2, -0.15) is 0 Å². The molecule has 70 valence electrons. The summed E-state index contributed by atoms with van der Waals surface area (Å²) in [5, 5.41) is 9.62. The summed E-state index contributed by atoms with van der Waals surface area (Å²) in [5.41, 5.74) is 1.48. The number of hydrogen-bond donors (Lipinski definition) is 1. The highest BCUT2D eigenvalue weighted by Gasteiger charge is 2.23. The Bertz CT molecular complexity index is 336. The molecule has 1 aliphatic rings. The van der Waals surface area contributed by atoms with Crippen LogP contribution in [0.15, 0.2) is 12.1 Å². The molecule has 0 aliphatic carbocycles. The predicted molar refractivity (Wildman–Crippen MR) is 46.2 cm³/mol. The van der Waals surface area contributed by atoms with Gasteiger partial charge in [0.15, 0.2) is 11.6 Å². The maximum absolute atomic E-state index is 13.2. The van der Waals surface area contributed by atoms with Crippen molar-refractivity contribution in [2.24, 2.45) is 0 Å². The fourth-order valence-corrected chi connectivity index (χ4v) is 1.65. The van der Waals surface area contributed by atoms with Crippen LogP contribution in [0, 0.1) is 12.7 Å². The van der Waals surface area contributed by atoms with Gasteiger partial charge in [0, 0.05) is 12.0 Å². The van der Waals surface area contributed by atoms with E-state index in [1.807, 2.05) is 6.92 Å². The van der Waals surface area contributed by atoms with Crippen LogP contribution in [0.2, 0.25) is 0 Å². The van der Waals surface area contributed by atoms with E-state index >= 15 is 0 Å². The fourth-order valence-electron chi connectivity index (χ4n) is 1.65. The van der Waals surface area contributed by atoms with E-state index in [2.05, 4.69) is 0 Å². The summed E-state index contributed by atoms with van der Waals surface area (Å²) in [4.78, 5) is 0. The molecule has 0 radical (unpaired) electrons. The van der Waals surface area contributed by atoms with Crippen LogP contribution in [0.1, 0.15) is 23.7 Å². The first-order chi connectivity index (χ1) is 6.20. The number of aryl methyl sites for hydroxylation is 1. The second-order valence-electron chi connectivity index (χ2n) is 3.26. The molecular weight excluding hydrogens is 171 g/mol. The van der Waals surface area contributed by atoms with Gasteiger partial charge in [-0.05, 0) is 18.6 Å². The third kappa shape index (κ3) is 1.29. The molecule has 0 saturated carbocycles. The molecule has 0 spiro atoms. The number of hydrogen-bond acceptors (Lipinski definition) is 2. The summed E-state index contributed by atoms with van der Waals surface area (Å²) in [5.74, 6) is -0.168. The van der Waals surface area contributed by atoms with Gasteiger partial charge >= 0.3 is 0 Å². The Morgan fingerprint density at radius 1 is 1.54 bits per heavy atom. The highest BCUT2D eigenvalue weighted by atomic mass is 19.1. The molecule has 1 aliphatic heterocycles. The van der Waals surface area contributed by atoms with Crippen molar-refractivity contribution in [1.82, 2.24) is 0 Å². The minimum Gasteiger partial charge on any atom is -0.490 e. The van der Waals surface area contributed by atoms with Crippen LogP contribution in [0.4, 0.5) is 4.39 Å². The number of halogens is 1. The molecule has 2 nitrogen and oxygen atoms in total. The average molecular weight is 182 g/mol. The molecule has 13 heavy (non-hydrogen) atoms. The number of rotatable bonds is 0. The van der Waals surface area contributed by atoms with Crippen LogP contribution in [0.25, 0.3) is 0 Å². The van der Waals surface area contributed by atoms with Crippen molar-refractivity contribution in [1.29, 1.82) is 0 Å². The largest absolute Gasteiger partial charge is 0.490 e. The maximum atomic E-state index is 13.2. The molecule has 2 rings (SSSR count). The normalized spacial score (nSPS) is 20.7. The van der Waals surface area contributed by atoms with E-state index in [-0.39, 0.29) is 11.6 Å². The second-order valence-corrected chi connectivity index (χ2v) is 3.26. The van der Waals surface area contributed by atoms with Crippen molar-refractivity contribution >= 4 is 0 Å². The van der Waals surface area contributed by atoms with Crippen LogP contribution in [-0.4, -0.2) is 11.7 Å². The molecule has 1 aromatic rings. The van der Waals surface area contributed by atoms with Gasteiger partial charge in [0.05, 0.1) is 12.7 Å². The van der Waals surface area contributed by atoms with Gasteiger partial charge in [0.1, 0.15) is 0 Å². The topological polar surface area (TPSA) is 29.5 Å². The average Bonchev–Trinajstić information content (AvgIpc) is 2.12. The molecule has 0 fully saturated rings. The minimum atomic E-state index is -0.584. The second kappa shape index (κ2) is 3.00. The maximum Gasteiger partial charge on any atom is 0.165 e. The number of ether oxygens (including phenoxy) is 1. The lowest BCUT2D eigenvalue weighted by Gasteiger charge is -2.24. The summed E-state index contributed by atoms with van der Waals surface area (Å²) in [7, 11) is 0. The Labute approximate surface area is 76.0 Å². The quantitative estimate of drug-likeness (QED) is 0.664. The Hall–Kier alpha value is -1.09. The standard InChI is InChI=1S/C10H11FO2/c1-6-2-3-7(11)10-9(6)8(12)4-5-13-10/h2-3,8,12H,4-5H2,1H3. The highest BCUT2D eigenvalue weighted by Crippen LogP contribution is 2.36. The lowest BCUT2D eigenvalue weighted by Crippen LogP contribution is -2.16. The van der Waals surface area contributed by atoms with Gasteiger partial charge in [-0.3, -0.25) is 0 Å². The van der Waals surface area contributed by atoms with E-state index in [4.69, 9.17) is 4.74 Å². The predicted octanol–water partition coefficient (Wildman–Crippen LogP) is 1.95. The van der Waals surface area contributed by atoms with Crippen molar-refractivity contribution in [3.63, 3.8) is 0 Å². The van der Waals surface area contributed by atoms with Crippen molar-refractivity contribution < 1.29 is 14.2 Å². The van der Waals surface area contributed by atoms with Crippen LogP contribution < -0.4 is 4.74 Å². The first kappa shape index (κ1) is 8.51. The Morgan fingerprint density at radius 3 is 3.00 bits per heavy atom. The van der Waals surface area contributed by atoms with E-state index in [1.165, 1.54) is 6.07 Å².